The number of carbonyl (C=O) groups excluding carboxylic acids is 2. The number of aromatic amines is 1. The van der Waals surface area contributed by atoms with Crippen molar-refractivity contribution in [3.05, 3.63) is 69.4 Å². The fourth-order valence-electron chi connectivity index (χ4n) is 3.56. The first kappa shape index (κ1) is 20.6. The largest absolute Gasteiger partial charge is 0.505 e. The van der Waals surface area contributed by atoms with Gasteiger partial charge in [0.1, 0.15) is 22.9 Å². The molecule has 160 valence electrons. The van der Waals surface area contributed by atoms with Crippen LogP contribution in [-0.2, 0) is 11.2 Å². The average molecular weight is 426 g/mol. The van der Waals surface area contributed by atoms with Crippen molar-refractivity contribution >= 4 is 22.8 Å². The predicted molar refractivity (Wildman–Crippen MR) is 108 cm³/mol. The number of aliphatic hydroxyl groups is 1. The highest BCUT2D eigenvalue weighted by molar-refractivity contribution is 6.09. The second-order valence-corrected chi connectivity index (χ2v) is 7.33. The molecule has 1 aromatic carbocycles. The van der Waals surface area contributed by atoms with Gasteiger partial charge in [-0.25, -0.2) is 4.39 Å². The maximum Gasteiger partial charge on any atom is 0.267 e. The Balaban J connectivity index is 1.60. The molecule has 0 spiro atoms. The SMILES string of the molecule is O=C(NC(=O)C1NCCC1O)c1c(O)c2ncc(Cc3ccc(F)cc3)cc2[nH]c1=O. The Morgan fingerprint density at radius 1 is 1.23 bits per heavy atom. The zero-order valence-electron chi connectivity index (χ0n) is 16.2. The molecule has 1 aliphatic rings. The first-order valence-electron chi connectivity index (χ1n) is 9.58. The zero-order chi connectivity index (χ0) is 22.1. The number of nitrogens with zero attached hydrogens (tertiary/aromatic N) is 1. The molecule has 31 heavy (non-hydrogen) atoms. The van der Waals surface area contributed by atoms with E-state index >= 15 is 0 Å². The topological polar surface area (TPSA) is 144 Å². The van der Waals surface area contributed by atoms with Gasteiger partial charge in [-0.15, -0.1) is 0 Å². The lowest BCUT2D eigenvalue weighted by atomic mass is 10.1. The number of nitrogens with one attached hydrogen (secondary N) is 3. The van der Waals surface area contributed by atoms with Gasteiger partial charge in [0.2, 0.25) is 5.91 Å². The summed E-state index contributed by atoms with van der Waals surface area (Å²) in [6.07, 6.45) is 1.30. The number of benzene rings is 1. The third kappa shape index (κ3) is 4.16. The Morgan fingerprint density at radius 3 is 2.65 bits per heavy atom. The second-order valence-electron chi connectivity index (χ2n) is 7.33. The Hall–Kier alpha value is -3.63. The average Bonchev–Trinajstić information content (AvgIpc) is 3.15. The van der Waals surface area contributed by atoms with Crippen molar-refractivity contribution in [1.29, 1.82) is 0 Å². The molecule has 2 aromatic heterocycles. The van der Waals surface area contributed by atoms with E-state index in [1.807, 2.05) is 5.32 Å². The van der Waals surface area contributed by atoms with Gasteiger partial charge in [-0.2, -0.15) is 0 Å². The highest BCUT2D eigenvalue weighted by atomic mass is 19.1. The summed E-state index contributed by atoms with van der Waals surface area (Å²) >= 11 is 0. The molecule has 3 heterocycles. The van der Waals surface area contributed by atoms with Crippen molar-refractivity contribution in [2.75, 3.05) is 6.54 Å². The monoisotopic (exact) mass is 426 g/mol. The predicted octanol–water partition coefficient (Wildman–Crippen LogP) is 0.338. The van der Waals surface area contributed by atoms with Gasteiger partial charge < -0.3 is 20.5 Å². The molecule has 0 aliphatic carbocycles. The number of carbonyl (C=O) groups is 2. The number of imide groups is 1. The van der Waals surface area contributed by atoms with Crippen LogP contribution in [0.3, 0.4) is 0 Å². The minimum Gasteiger partial charge on any atom is -0.505 e. The molecule has 9 nitrogen and oxygen atoms in total. The maximum atomic E-state index is 13.1. The van der Waals surface area contributed by atoms with E-state index in [-0.39, 0.29) is 16.9 Å². The van der Waals surface area contributed by atoms with Crippen LogP contribution in [0.5, 0.6) is 5.75 Å². The molecule has 0 saturated carbocycles. The van der Waals surface area contributed by atoms with Gasteiger partial charge in [-0.1, -0.05) is 12.1 Å². The number of halogens is 1. The van der Waals surface area contributed by atoms with E-state index in [1.165, 1.54) is 18.3 Å². The van der Waals surface area contributed by atoms with E-state index in [4.69, 9.17) is 0 Å². The van der Waals surface area contributed by atoms with E-state index in [0.29, 0.717) is 24.9 Å². The lowest BCUT2D eigenvalue weighted by Gasteiger charge is -2.14. The number of rotatable bonds is 4. The number of aromatic nitrogens is 2. The quantitative estimate of drug-likeness (QED) is 0.378. The van der Waals surface area contributed by atoms with Crippen molar-refractivity contribution < 1.29 is 24.2 Å². The minimum atomic E-state index is -1.09. The number of pyridine rings is 2. The standard InChI is InChI=1S/C21H19FN4O5/c22-12-3-1-10(2-4-12)7-11-8-13-16(24-9-11)18(28)15(19(29)25-13)20(30)26-21(31)17-14(27)5-6-23-17/h1-4,8-9,14,17,23,27H,5-7H2,(H2,25,28,29)(H,26,30,31). The molecule has 3 aromatic rings. The van der Waals surface area contributed by atoms with Gasteiger partial charge in [0.05, 0.1) is 11.6 Å². The smallest absolute Gasteiger partial charge is 0.267 e. The number of aromatic hydroxyl groups is 1. The Labute approximate surface area is 174 Å². The van der Waals surface area contributed by atoms with Crippen LogP contribution in [0.4, 0.5) is 4.39 Å². The van der Waals surface area contributed by atoms with Crippen LogP contribution < -0.4 is 16.2 Å². The molecule has 5 N–H and O–H groups in total. The molecule has 0 bridgehead atoms. The van der Waals surface area contributed by atoms with Crippen LogP contribution in [-0.4, -0.2) is 50.7 Å². The first-order valence-corrected chi connectivity index (χ1v) is 9.58. The fourth-order valence-corrected chi connectivity index (χ4v) is 3.56. The van der Waals surface area contributed by atoms with Gasteiger partial charge in [0.15, 0.2) is 5.75 Å². The molecule has 2 atom stereocenters. The van der Waals surface area contributed by atoms with E-state index in [9.17, 15) is 29.0 Å². The van der Waals surface area contributed by atoms with Gasteiger partial charge >= 0.3 is 0 Å². The van der Waals surface area contributed by atoms with Crippen LogP contribution in [0.1, 0.15) is 27.9 Å². The van der Waals surface area contributed by atoms with Gasteiger partial charge in [0.25, 0.3) is 11.5 Å². The number of amides is 2. The fraction of sp³-hybridized carbons (Fsp3) is 0.238. The summed E-state index contributed by atoms with van der Waals surface area (Å²) in [5.74, 6) is -2.89. The van der Waals surface area contributed by atoms with Crippen molar-refractivity contribution in [3.8, 4) is 5.75 Å². The van der Waals surface area contributed by atoms with Crippen LogP contribution in [0.2, 0.25) is 0 Å². The number of H-pyrrole nitrogens is 1. The normalized spacial score (nSPS) is 18.3. The minimum absolute atomic E-state index is 0.0147. The highest BCUT2D eigenvalue weighted by Gasteiger charge is 2.33. The molecule has 4 rings (SSSR count). The van der Waals surface area contributed by atoms with Crippen LogP contribution in [0.15, 0.2) is 41.3 Å². The third-order valence-corrected chi connectivity index (χ3v) is 5.14. The summed E-state index contributed by atoms with van der Waals surface area (Å²) in [7, 11) is 0. The van der Waals surface area contributed by atoms with Gasteiger partial charge in [-0.05, 0) is 48.7 Å². The lowest BCUT2D eigenvalue weighted by Crippen LogP contribution is -2.48. The Bertz CT molecular complexity index is 1220. The number of hydrogen-bond donors (Lipinski definition) is 5. The van der Waals surface area contributed by atoms with Crippen molar-refractivity contribution in [2.45, 2.75) is 25.0 Å². The molecular formula is C21H19FN4O5. The molecule has 1 aliphatic heterocycles. The molecule has 0 radical (unpaired) electrons. The summed E-state index contributed by atoms with van der Waals surface area (Å²) in [5, 5.41) is 25.0. The van der Waals surface area contributed by atoms with E-state index in [1.54, 1.807) is 18.2 Å². The summed E-state index contributed by atoms with van der Waals surface area (Å²) in [6.45, 7) is 0.416. The van der Waals surface area contributed by atoms with Crippen LogP contribution in [0, 0.1) is 5.82 Å². The summed E-state index contributed by atoms with van der Waals surface area (Å²) in [5.41, 5.74) is 0.175. The molecule has 10 heteroatoms. The lowest BCUT2D eigenvalue weighted by molar-refractivity contribution is -0.123. The number of fused-ring (bicyclic) bond motifs is 1. The van der Waals surface area contributed by atoms with E-state index in [0.717, 1.165) is 5.56 Å². The van der Waals surface area contributed by atoms with E-state index in [2.05, 4.69) is 15.3 Å². The van der Waals surface area contributed by atoms with E-state index < -0.39 is 40.8 Å². The number of aliphatic hydroxyl groups excluding tert-OH is 1. The molecule has 1 fully saturated rings. The summed E-state index contributed by atoms with van der Waals surface area (Å²) < 4.78 is 13.1. The van der Waals surface area contributed by atoms with Gasteiger partial charge in [-0.3, -0.25) is 24.7 Å². The van der Waals surface area contributed by atoms with Gasteiger partial charge in [0, 0.05) is 6.20 Å². The first-order chi connectivity index (χ1) is 14.8. The highest BCUT2D eigenvalue weighted by Crippen LogP contribution is 2.24. The van der Waals surface area contributed by atoms with Crippen molar-refractivity contribution in [1.82, 2.24) is 20.6 Å². The van der Waals surface area contributed by atoms with Crippen molar-refractivity contribution in [2.24, 2.45) is 0 Å². The number of hydrogen-bond acceptors (Lipinski definition) is 7. The Morgan fingerprint density at radius 2 is 1.97 bits per heavy atom. The molecule has 2 amide bonds. The molecule has 2 unspecified atom stereocenters. The molecular weight excluding hydrogens is 407 g/mol. The Kier molecular flexibility index (Phi) is 5.49. The molecule has 1 saturated heterocycles. The summed E-state index contributed by atoms with van der Waals surface area (Å²) in [4.78, 5) is 43.7. The van der Waals surface area contributed by atoms with Crippen LogP contribution in [0.25, 0.3) is 11.0 Å². The zero-order valence-corrected chi connectivity index (χ0v) is 16.2. The van der Waals surface area contributed by atoms with Crippen molar-refractivity contribution in [3.63, 3.8) is 0 Å². The third-order valence-electron chi connectivity index (χ3n) is 5.14. The maximum absolute atomic E-state index is 13.1. The van der Waals surface area contributed by atoms with Crippen LogP contribution >= 0.6 is 0 Å². The second kappa shape index (κ2) is 8.25. The summed E-state index contributed by atoms with van der Waals surface area (Å²) in [6, 6.07) is 6.55.